The number of carbonyl (C=O) groups excluding carboxylic acids is 1. The van der Waals surface area contributed by atoms with E-state index >= 15 is 0 Å². The minimum atomic E-state index is 0.0153. The maximum atomic E-state index is 12.9. The maximum absolute atomic E-state index is 12.9. The van der Waals surface area contributed by atoms with E-state index in [1.54, 1.807) is 11.3 Å². The van der Waals surface area contributed by atoms with Crippen LogP contribution in [-0.2, 0) is 13.1 Å². The van der Waals surface area contributed by atoms with E-state index in [1.165, 1.54) is 22.6 Å². The van der Waals surface area contributed by atoms with Gasteiger partial charge in [0.25, 0.3) is 5.91 Å². The lowest BCUT2D eigenvalue weighted by molar-refractivity contribution is 0.0725. The molecule has 0 spiro atoms. The molecule has 134 valence electrons. The van der Waals surface area contributed by atoms with E-state index in [0.717, 1.165) is 32.5 Å². The van der Waals surface area contributed by atoms with Crippen LogP contribution in [0.3, 0.4) is 0 Å². The number of rotatable bonds is 6. The predicted molar refractivity (Wildman–Crippen MR) is 97.6 cm³/mol. The van der Waals surface area contributed by atoms with Crippen molar-refractivity contribution in [1.82, 2.24) is 25.2 Å². The number of aryl methyl sites for hydroxylation is 1. The maximum Gasteiger partial charge on any atom is 0.276 e. The van der Waals surface area contributed by atoms with Crippen molar-refractivity contribution in [1.29, 1.82) is 0 Å². The number of piperidine rings is 1. The highest BCUT2D eigenvalue weighted by Crippen LogP contribution is 2.31. The molecule has 4 rings (SSSR count). The van der Waals surface area contributed by atoms with E-state index in [9.17, 15) is 4.79 Å². The van der Waals surface area contributed by atoms with Gasteiger partial charge in [-0.15, -0.1) is 16.4 Å². The van der Waals surface area contributed by atoms with Crippen LogP contribution in [0, 0.1) is 12.8 Å². The molecule has 7 heteroatoms. The van der Waals surface area contributed by atoms with Crippen LogP contribution in [0.2, 0.25) is 0 Å². The number of hydrogen-bond donors (Lipinski definition) is 1. The van der Waals surface area contributed by atoms with Crippen LogP contribution in [0.4, 0.5) is 0 Å². The largest absolute Gasteiger partial charge is 0.329 e. The van der Waals surface area contributed by atoms with E-state index < -0.39 is 0 Å². The average molecular weight is 359 g/mol. The molecule has 2 aliphatic rings. The smallest absolute Gasteiger partial charge is 0.276 e. The average Bonchev–Trinajstić information content (AvgIpc) is 3.22. The summed E-state index contributed by atoms with van der Waals surface area (Å²) in [6, 6.07) is 4.60. The number of amides is 1. The minimum Gasteiger partial charge on any atom is -0.329 e. The second kappa shape index (κ2) is 7.25. The first kappa shape index (κ1) is 16.7. The van der Waals surface area contributed by atoms with Crippen LogP contribution in [-0.4, -0.2) is 44.9 Å². The van der Waals surface area contributed by atoms with Gasteiger partial charge in [-0.25, -0.2) is 0 Å². The molecule has 2 aromatic heterocycles. The number of nitrogens with one attached hydrogen (secondary N) is 1. The molecule has 1 amide bonds. The lowest BCUT2D eigenvalue weighted by atomic mass is 10.00. The highest BCUT2D eigenvalue weighted by Gasteiger charge is 2.34. The number of nitrogens with zero attached hydrogens (tertiary/aromatic N) is 4. The molecular formula is C18H25N5OS. The summed E-state index contributed by atoms with van der Waals surface area (Å²) in [7, 11) is 0. The Morgan fingerprint density at radius 2 is 2.28 bits per heavy atom. The third-order valence-electron chi connectivity index (χ3n) is 4.97. The summed E-state index contributed by atoms with van der Waals surface area (Å²) in [5, 5.41) is 11.8. The summed E-state index contributed by atoms with van der Waals surface area (Å²) in [5.41, 5.74) is 0.476. The van der Waals surface area contributed by atoms with Crippen molar-refractivity contribution in [2.45, 2.75) is 51.7 Å². The second-order valence-electron chi connectivity index (χ2n) is 7.21. The standard InChI is InChI=1S/C18H25N5OS/c1-13-4-7-16(25-13)11-23(15-5-6-15)18(24)17-12-22(21-20-17)10-14-3-2-8-19-9-14/h4,7,12,14-15,19H,2-3,5-6,8-11H2,1H3/t14-/m1/s1. The fourth-order valence-electron chi connectivity index (χ4n) is 3.47. The molecule has 0 aromatic carbocycles. The van der Waals surface area contributed by atoms with Gasteiger partial charge in [0.15, 0.2) is 5.69 Å². The van der Waals surface area contributed by atoms with Crippen LogP contribution in [0.1, 0.15) is 45.9 Å². The monoisotopic (exact) mass is 359 g/mol. The van der Waals surface area contributed by atoms with Crippen molar-refractivity contribution in [3.05, 3.63) is 33.8 Å². The van der Waals surface area contributed by atoms with Gasteiger partial charge >= 0.3 is 0 Å². The fraction of sp³-hybridized carbons (Fsp3) is 0.611. The first-order chi connectivity index (χ1) is 12.2. The molecule has 0 bridgehead atoms. The van der Waals surface area contributed by atoms with Crippen molar-refractivity contribution < 1.29 is 4.79 Å². The molecule has 1 atom stereocenters. The highest BCUT2D eigenvalue weighted by atomic mass is 32.1. The molecule has 1 saturated heterocycles. The van der Waals surface area contributed by atoms with Gasteiger partial charge in [-0.3, -0.25) is 9.48 Å². The summed E-state index contributed by atoms with van der Waals surface area (Å²) in [5.74, 6) is 0.591. The number of hydrogen-bond acceptors (Lipinski definition) is 5. The van der Waals surface area contributed by atoms with Crippen LogP contribution in [0.25, 0.3) is 0 Å². The molecule has 6 nitrogen and oxygen atoms in total. The zero-order chi connectivity index (χ0) is 17.2. The molecule has 2 aromatic rings. The van der Waals surface area contributed by atoms with Crippen LogP contribution >= 0.6 is 11.3 Å². The van der Waals surface area contributed by atoms with Crippen molar-refractivity contribution in [3.63, 3.8) is 0 Å². The Kier molecular flexibility index (Phi) is 4.85. The first-order valence-electron chi connectivity index (χ1n) is 9.16. The fourth-order valence-corrected chi connectivity index (χ4v) is 4.36. The molecule has 1 saturated carbocycles. The Hall–Kier alpha value is -1.73. The molecule has 1 aliphatic carbocycles. The van der Waals surface area contributed by atoms with Crippen molar-refractivity contribution in [3.8, 4) is 0 Å². The van der Waals surface area contributed by atoms with Crippen molar-refractivity contribution in [2.75, 3.05) is 13.1 Å². The van der Waals surface area contributed by atoms with Gasteiger partial charge in [0.2, 0.25) is 0 Å². The zero-order valence-electron chi connectivity index (χ0n) is 14.6. The van der Waals surface area contributed by atoms with Crippen LogP contribution in [0.5, 0.6) is 0 Å². The molecule has 0 unspecified atom stereocenters. The third kappa shape index (κ3) is 4.10. The van der Waals surface area contributed by atoms with Crippen molar-refractivity contribution >= 4 is 17.2 Å². The predicted octanol–water partition coefficient (Wildman–Crippen LogP) is 2.45. The Labute approximate surface area is 152 Å². The molecular weight excluding hydrogens is 334 g/mol. The van der Waals surface area contributed by atoms with Gasteiger partial charge in [0, 0.05) is 22.3 Å². The van der Waals surface area contributed by atoms with Crippen LogP contribution in [0.15, 0.2) is 18.3 Å². The van der Waals surface area contributed by atoms with E-state index in [1.807, 2.05) is 15.8 Å². The van der Waals surface area contributed by atoms with Gasteiger partial charge in [-0.2, -0.15) is 0 Å². The Balaban J connectivity index is 1.43. The Morgan fingerprint density at radius 3 is 2.96 bits per heavy atom. The van der Waals surface area contributed by atoms with E-state index in [0.29, 0.717) is 24.2 Å². The molecule has 0 radical (unpaired) electrons. The molecule has 1 aliphatic heterocycles. The SMILES string of the molecule is Cc1ccc(CN(C(=O)c2cn(C[C@@H]3CCCNC3)nn2)C2CC2)s1. The van der Waals surface area contributed by atoms with Gasteiger partial charge in [-0.05, 0) is 63.7 Å². The van der Waals surface area contributed by atoms with E-state index in [-0.39, 0.29) is 5.91 Å². The molecule has 2 fully saturated rings. The quantitative estimate of drug-likeness (QED) is 0.860. The zero-order valence-corrected chi connectivity index (χ0v) is 15.5. The summed E-state index contributed by atoms with van der Waals surface area (Å²) in [6.45, 7) is 5.75. The van der Waals surface area contributed by atoms with E-state index in [4.69, 9.17) is 0 Å². The minimum absolute atomic E-state index is 0.0153. The van der Waals surface area contributed by atoms with Gasteiger partial charge in [-0.1, -0.05) is 5.21 Å². The number of carbonyl (C=O) groups is 1. The van der Waals surface area contributed by atoms with Crippen molar-refractivity contribution in [2.24, 2.45) is 5.92 Å². The first-order valence-corrected chi connectivity index (χ1v) is 9.98. The molecule has 1 N–H and O–H groups in total. The summed E-state index contributed by atoms with van der Waals surface area (Å²) in [6.07, 6.45) is 6.44. The number of aromatic nitrogens is 3. The lowest BCUT2D eigenvalue weighted by Gasteiger charge is -2.22. The Morgan fingerprint density at radius 1 is 1.40 bits per heavy atom. The van der Waals surface area contributed by atoms with Gasteiger partial charge < -0.3 is 10.2 Å². The third-order valence-corrected chi connectivity index (χ3v) is 5.96. The summed E-state index contributed by atoms with van der Waals surface area (Å²) < 4.78 is 1.84. The molecule has 3 heterocycles. The Bertz CT molecular complexity index is 729. The lowest BCUT2D eigenvalue weighted by Crippen LogP contribution is -2.33. The highest BCUT2D eigenvalue weighted by molar-refractivity contribution is 7.11. The van der Waals surface area contributed by atoms with Crippen LogP contribution < -0.4 is 5.32 Å². The second-order valence-corrected chi connectivity index (χ2v) is 8.59. The van der Waals surface area contributed by atoms with E-state index in [2.05, 4.69) is 34.7 Å². The van der Waals surface area contributed by atoms with Gasteiger partial charge in [0.1, 0.15) is 0 Å². The normalized spacial score (nSPS) is 20.6. The van der Waals surface area contributed by atoms with Gasteiger partial charge in [0.05, 0.1) is 12.7 Å². The summed E-state index contributed by atoms with van der Waals surface area (Å²) in [4.78, 5) is 17.4. The molecule has 25 heavy (non-hydrogen) atoms. The topological polar surface area (TPSA) is 63.1 Å². The number of thiophene rings is 1. The summed E-state index contributed by atoms with van der Waals surface area (Å²) >= 11 is 1.76.